The highest BCUT2D eigenvalue weighted by molar-refractivity contribution is 7.08. The van der Waals surface area contributed by atoms with Crippen LogP contribution in [0.2, 0.25) is 0 Å². The molecule has 2 aromatic heterocycles. The second-order valence-electron chi connectivity index (χ2n) is 6.86. The van der Waals surface area contributed by atoms with E-state index < -0.39 is 0 Å². The van der Waals surface area contributed by atoms with Crippen LogP contribution < -0.4 is 21.2 Å². The molecule has 0 aliphatic heterocycles. The third-order valence-corrected chi connectivity index (χ3v) is 11.0. The number of hydrogen-bond acceptors (Lipinski definition) is 2. The monoisotopic (exact) mass is 501 g/mol. The van der Waals surface area contributed by atoms with Gasteiger partial charge in [-0.1, -0.05) is 82.3 Å². The molecule has 0 unspecified atom stereocenters. The van der Waals surface area contributed by atoms with Crippen molar-refractivity contribution in [3.8, 4) is 0 Å². The molecule has 0 radical (unpaired) electrons. The quantitative estimate of drug-likeness (QED) is 0.354. The van der Waals surface area contributed by atoms with Crippen LogP contribution in [0.3, 0.4) is 0 Å². The van der Waals surface area contributed by atoms with E-state index in [0.717, 1.165) is 12.8 Å². The first-order valence-corrected chi connectivity index (χ1v) is 13.0. The SMILES string of the molecule is Cc1ccc(Cc2ccsc2[I+]c2sccc2Cc2ccc(C)cc2)cc1. The van der Waals surface area contributed by atoms with Crippen molar-refractivity contribution in [2.45, 2.75) is 26.7 Å². The number of halogens is 1. The Balaban J connectivity index is 1.50. The molecule has 2 aromatic carbocycles. The lowest BCUT2D eigenvalue weighted by atomic mass is 10.1. The van der Waals surface area contributed by atoms with Gasteiger partial charge >= 0.3 is 21.2 Å². The Morgan fingerprint density at radius 3 is 1.41 bits per heavy atom. The predicted molar refractivity (Wildman–Crippen MR) is 114 cm³/mol. The van der Waals surface area contributed by atoms with Crippen molar-refractivity contribution < 1.29 is 21.2 Å². The number of thiophene rings is 2. The minimum atomic E-state index is -0.112. The Labute approximate surface area is 180 Å². The summed E-state index contributed by atoms with van der Waals surface area (Å²) in [6.45, 7) is 4.30. The molecule has 0 spiro atoms. The number of aryl methyl sites for hydroxylation is 2. The lowest BCUT2D eigenvalue weighted by Crippen LogP contribution is -3.61. The van der Waals surface area contributed by atoms with Crippen molar-refractivity contribution in [3.63, 3.8) is 0 Å². The van der Waals surface area contributed by atoms with E-state index in [1.807, 2.05) is 22.7 Å². The largest absolute Gasteiger partial charge is 0.382 e. The van der Waals surface area contributed by atoms with Crippen LogP contribution >= 0.6 is 22.7 Å². The summed E-state index contributed by atoms with van der Waals surface area (Å²) in [7, 11) is 0. The molecule has 3 heteroatoms. The summed E-state index contributed by atoms with van der Waals surface area (Å²) in [6.07, 6.45) is 2.11. The Bertz CT molecular complexity index is 923. The van der Waals surface area contributed by atoms with E-state index in [1.165, 1.54) is 33.4 Å². The van der Waals surface area contributed by atoms with Crippen LogP contribution in [0.15, 0.2) is 71.4 Å². The van der Waals surface area contributed by atoms with Crippen LogP contribution in [-0.4, -0.2) is 0 Å². The Hall–Kier alpha value is -1.43. The fourth-order valence-electron chi connectivity index (χ4n) is 2.99. The highest BCUT2D eigenvalue weighted by atomic mass is 127. The lowest BCUT2D eigenvalue weighted by Gasteiger charge is -2.01. The molecular weight excluding hydrogens is 479 g/mol. The van der Waals surface area contributed by atoms with Crippen LogP contribution in [0.5, 0.6) is 0 Å². The van der Waals surface area contributed by atoms with Gasteiger partial charge in [-0.3, -0.25) is 0 Å². The summed E-state index contributed by atoms with van der Waals surface area (Å²) >= 11 is 3.77. The molecule has 0 fully saturated rings. The zero-order chi connectivity index (χ0) is 18.6. The maximum absolute atomic E-state index is 2.33. The van der Waals surface area contributed by atoms with E-state index in [-0.39, 0.29) is 21.2 Å². The molecular formula is C24H22IS2+. The van der Waals surface area contributed by atoms with Gasteiger partial charge in [0.25, 0.3) is 5.77 Å². The first-order valence-electron chi connectivity index (χ1n) is 9.06. The topological polar surface area (TPSA) is 0 Å². The van der Waals surface area contributed by atoms with Crippen molar-refractivity contribution in [2.75, 3.05) is 0 Å². The molecule has 0 aliphatic carbocycles. The van der Waals surface area contributed by atoms with Gasteiger partial charge in [-0.05, 0) is 47.9 Å². The van der Waals surface area contributed by atoms with Gasteiger partial charge in [0.15, 0.2) is 0 Å². The van der Waals surface area contributed by atoms with Crippen LogP contribution in [0, 0.1) is 19.6 Å². The van der Waals surface area contributed by atoms with Crippen molar-refractivity contribution in [2.24, 2.45) is 0 Å². The van der Waals surface area contributed by atoms with Gasteiger partial charge < -0.3 is 0 Å². The number of rotatable bonds is 6. The highest BCUT2D eigenvalue weighted by Gasteiger charge is 2.26. The second-order valence-corrected chi connectivity index (χ2v) is 12.9. The molecule has 0 saturated carbocycles. The summed E-state index contributed by atoms with van der Waals surface area (Å²) in [5, 5.41) is 4.54. The van der Waals surface area contributed by atoms with E-state index in [2.05, 4.69) is 85.3 Å². The molecule has 0 atom stereocenters. The Morgan fingerprint density at radius 2 is 1.00 bits per heavy atom. The molecule has 4 aromatic rings. The van der Waals surface area contributed by atoms with E-state index in [0.29, 0.717) is 0 Å². The third kappa shape index (κ3) is 4.89. The summed E-state index contributed by atoms with van der Waals surface area (Å²) < 4.78 is 3.23. The van der Waals surface area contributed by atoms with Crippen LogP contribution in [0.25, 0.3) is 0 Å². The summed E-state index contributed by atoms with van der Waals surface area (Å²) in [4.78, 5) is 0. The van der Waals surface area contributed by atoms with E-state index in [1.54, 1.807) is 5.77 Å². The summed E-state index contributed by atoms with van der Waals surface area (Å²) in [6, 6.07) is 22.6. The zero-order valence-corrected chi connectivity index (χ0v) is 19.3. The molecule has 0 aliphatic rings. The van der Waals surface area contributed by atoms with Crippen molar-refractivity contribution >= 4 is 22.7 Å². The maximum Gasteiger partial charge on any atom is 0.382 e. The average Bonchev–Trinajstić information content (AvgIpc) is 3.29. The van der Waals surface area contributed by atoms with Crippen molar-refractivity contribution in [1.29, 1.82) is 0 Å². The van der Waals surface area contributed by atoms with E-state index in [4.69, 9.17) is 0 Å². The van der Waals surface area contributed by atoms with Crippen molar-refractivity contribution in [3.05, 3.63) is 111 Å². The zero-order valence-electron chi connectivity index (χ0n) is 15.5. The fraction of sp³-hybridized carbons (Fsp3) is 0.167. The molecule has 0 bridgehead atoms. The maximum atomic E-state index is 2.33. The van der Waals surface area contributed by atoms with Gasteiger partial charge in [0.05, 0.1) is 0 Å². The molecule has 136 valence electrons. The third-order valence-electron chi connectivity index (χ3n) is 4.59. The fourth-order valence-corrected chi connectivity index (χ4v) is 9.25. The molecule has 27 heavy (non-hydrogen) atoms. The standard InChI is InChI=1S/C24H22IS2/c1-17-3-7-19(8-4-17)15-21-11-13-26-23(21)25-24-22(12-14-27-24)16-20-9-5-18(2)6-10-20/h3-14H,15-16H2,1-2H3/q+1. The van der Waals surface area contributed by atoms with Gasteiger partial charge in [-0.15, -0.1) is 0 Å². The highest BCUT2D eigenvalue weighted by Crippen LogP contribution is 2.16. The normalized spacial score (nSPS) is 11.0. The van der Waals surface area contributed by atoms with Crippen LogP contribution in [-0.2, 0) is 12.8 Å². The van der Waals surface area contributed by atoms with E-state index in [9.17, 15) is 0 Å². The summed E-state index contributed by atoms with van der Waals surface area (Å²) in [5.41, 5.74) is 8.52. The van der Waals surface area contributed by atoms with Gasteiger partial charge in [-0.2, -0.15) is 0 Å². The van der Waals surface area contributed by atoms with Gasteiger partial charge in [-0.25, -0.2) is 0 Å². The second kappa shape index (κ2) is 8.72. The lowest BCUT2D eigenvalue weighted by molar-refractivity contribution is -0.586. The molecule has 2 heterocycles. The van der Waals surface area contributed by atoms with E-state index >= 15 is 0 Å². The first kappa shape index (κ1) is 18.9. The predicted octanol–water partition coefficient (Wildman–Crippen LogP) is 3.74. The van der Waals surface area contributed by atoms with Crippen LogP contribution in [0.4, 0.5) is 0 Å². The minimum absolute atomic E-state index is 0.112. The summed E-state index contributed by atoms with van der Waals surface area (Å²) in [5.74, 6) is 0. The van der Waals surface area contributed by atoms with Gasteiger partial charge in [0.2, 0.25) is 0 Å². The first-order chi connectivity index (χ1) is 13.2. The molecule has 0 nitrogen and oxygen atoms in total. The molecule has 4 rings (SSSR count). The number of hydrogen-bond donors (Lipinski definition) is 0. The van der Waals surface area contributed by atoms with Crippen molar-refractivity contribution in [1.82, 2.24) is 0 Å². The number of benzene rings is 2. The molecule has 0 amide bonds. The Kier molecular flexibility index (Phi) is 6.11. The smallest absolute Gasteiger partial charge is 0.0959 e. The Morgan fingerprint density at radius 1 is 0.593 bits per heavy atom. The minimum Gasteiger partial charge on any atom is -0.0959 e. The average molecular weight is 501 g/mol. The molecule has 0 saturated heterocycles. The van der Waals surface area contributed by atoms with Gasteiger partial charge in [0.1, 0.15) is 0 Å². The molecule has 0 N–H and O–H groups in total. The van der Waals surface area contributed by atoms with Crippen LogP contribution in [0.1, 0.15) is 33.4 Å². The van der Waals surface area contributed by atoms with Gasteiger partial charge in [0, 0.05) is 24.0 Å².